The SMILES string of the molecule is Cc1cc(C)c2nc(NC(=O)CNC(=O)C(C)(C)C)sc2c1. The number of carbonyl (C=O) groups is 2. The van der Waals surface area contributed by atoms with Gasteiger partial charge in [-0.1, -0.05) is 38.2 Å². The second-order valence-electron chi connectivity index (χ2n) is 6.43. The van der Waals surface area contributed by atoms with Gasteiger partial charge >= 0.3 is 0 Å². The highest BCUT2D eigenvalue weighted by molar-refractivity contribution is 7.22. The molecule has 0 aliphatic rings. The lowest BCUT2D eigenvalue weighted by atomic mass is 9.96. The molecule has 0 saturated carbocycles. The van der Waals surface area contributed by atoms with Crippen molar-refractivity contribution in [3.8, 4) is 0 Å². The van der Waals surface area contributed by atoms with E-state index >= 15 is 0 Å². The molecule has 2 N–H and O–H groups in total. The number of amides is 2. The zero-order valence-electron chi connectivity index (χ0n) is 13.5. The second kappa shape index (κ2) is 6.04. The molecule has 0 radical (unpaired) electrons. The molecule has 0 saturated heterocycles. The monoisotopic (exact) mass is 319 g/mol. The summed E-state index contributed by atoms with van der Waals surface area (Å²) >= 11 is 1.44. The van der Waals surface area contributed by atoms with E-state index in [1.165, 1.54) is 16.9 Å². The molecule has 0 fully saturated rings. The van der Waals surface area contributed by atoms with Gasteiger partial charge in [0, 0.05) is 5.41 Å². The molecule has 1 heterocycles. The van der Waals surface area contributed by atoms with Gasteiger partial charge in [0.15, 0.2) is 5.13 Å². The van der Waals surface area contributed by atoms with Crippen LogP contribution in [0.4, 0.5) is 5.13 Å². The van der Waals surface area contributed by atoms with Crippen LogP contribution in [-0.4, -0.2) is 23.3 Å². The third-order valence-electron chi connectivity index (χ3n) is 3.17. The summed E-state index contributed by atoms with van der Waals surface area (Å²) in [4.78, 5) is 28.1. The number of hydrogen-bond donors (Lipinski definition) is 2. The Morgan fingerprint density at radius 2 is 1.91 bits per heavy atom. The summed E-state index contributed by atoms with van der Waals surface area (Å²) in [6.45, 7) is 9.40. The van der Waals surface area contributed by atoms with E-state index in [4.69, 9.17) is 0 Å². The van der Waals surface area contributed by atoms with Crippen molar-refractivity contribution in [3.63, 3.8) is 0 Å². The fraction of sp³-hybridized carbons (Fsp3) is 0.438. The summed E-state index contributed by atoms with van der Waals surface area (Å²) in [5, 5.41) is 5.92. The number of thiazole rings is 1. The Hall–Kier alpha value is -1.95. The molecule has 2 amide bonds. The van der Waals surface area contributed by atoms with E-state index in [1.807, 2.05) is 13.8 Å². The normalized spacial score (nSPS) is 11.5. The standard InChI is InChI=1S/C16H21N3O2S/c1-9-6-10(2)13-11(7-9)22-15(19-13)18-12(20)8-17-14(21)16(3,4)5/h6-7H,8H2,1-5H3,(H,17,21)(H,18,19,20). The van der Waals surface area contributed by atoms with E-state index in [1.54, 1.807) is 20.8 Å². The number of carbonyl (C=O) groups excluding carboxylic acids is 2. The molecule has 0 spiro atoms. The lowest BCUT2D eigenvalue weighted by Crippen LogP contribution is -2.39. The minimum absolute atomic E-state index is 0.0515. The summed E-state index contributed by atoms with van der Waals surface area (Å²) in [6, 6.07) is 4.12. The van der Waals surface area contributed by atoms with Gasteiger partial charge in [0.1, 0.15) is 0 Å². The van der Waals surface area contributed by atoms with Crippen molar-refractivity contribution in [2.45, 2.75) is 34.6 Å². The zero-order valence-corrected chi connectivity index (χ0v) is 14.4. The van der Waals surface area contributed by atoms with Crippen molar-refractivity contribution >= 4 is 38.5 Å². The van der Waals surface area contributed by atoms with E-state index in [9.17, 15) is 9.59 Å². The van der Waals surface area contributed by atoms with E-state index < -0.39 is 5.41 Å². The summed E-state index contributed by atoms with van der Waals surface area (Å²) < 4.78 is 1.05. The number of anilines is 1. The van der Waals surface area contributed by atoms with Crippen molar-refractivity contribution < 1.29 is 9.59 Å². The van der Waals surface area contributed by atoms with Gasteiger partial charge in [-0.25, -0.2) is 4.98 Å². The number of aromatic nitrogens is 1. The molecule has 2 aromatic rings. The first-order valence-corrected chi connectivity index (χ1v) is 7.94. The van der Waals surface area contributed by atoms with Gasteiger partial charge in [0.25, 0.3) is 0 Å². The fourth-order valence-corrected chi connectivity index (χ4v) is 3.07. The third-order valence-corrected chi connectivity index (χ3v) is 4.08. The van der Waals surface area contributed by atoms with Gasteiger partial charge in [-0.15, -0.1) is 0 Å². The molecular formula is C16H21N3O2S. The second-order valence-corrected chi connectivity index (χ2v) is 7.46. The van der Waals surface area contributed by atoms with Crippen LogP contribution >= 0.6 is 11.3 Å². The van der Waals surface area contributed by atoms with Crippen molar-refractivity contribution in [1.29, 1.82) is 0 Å². The zero-order chi connectivity index (χ0) is 16.5. The number of nitrogens with one attached hydrogen (secondary N) is 2. The van der Waals surface area contributed by atoms with Crippen LogP contribution in [0.2, 0.25) is 0 Å². The molecular weight excluding hydrogens is 298 g/mol. The number of hydrogen-bond acceptors (Lipinski definition) is 4. The van der Waals surface area contributed by atoms with E-state index in [0.29, 0.717) is 5.13 Å². The van der Waals surface area contributed by atoms with Crippen LogP contribution in [-0.2, 0) is 9.59 Å². The molecule has 0 unspecified atom stereocenters. The summed E-state index contributed by atoms with van der Waals surface area (Å²) in [5.74, 6) is -0.426. The Bertz CT molecular complexity index is 729. The maximum Gasteiger partial charge on any atom is 0.245 e. The van der Waals surface area contributed by atoms with Crippen LogP contribution in [0.25, 0.3) is 10.2 Å². The van der Waals surface area contributed by atoms with Crippen molar-refractivity contribution in [2.75, 3.05) is 11.9 Å². The molecule has 1 aromatic heterocycles. The molecule has 0 aliphatic heterocycles. The van der Waals surface area contributed by atoms with Gasteiger partial charge in [0.2, 0.25) is 11.8 Å². The molecule has 0 aliphatic carbocycles. The predicted octanol–water partition coefficient (Wildman–Crippen LogP) is 3.01. The molecule has 6 heteroatoms. The summed E-state index contributed by atoms with van der Waals surface area (Å²) in [5.41, 5.74) is 2.66. The number of nitrogens with zero attached hydrogens (tertiary/aromatic N) is 1. The topological polar surface area (TPSA) is 71.1 Å². The molecule has 0 atom stereocenters. The minimum Gasteiger partial charge on any atom is -0.347 e. The highest BCUT2D eigenvalue weighted by Crippen LogP contribution is 2.29. The fourth-order valence-electron chi connectivity index (χ4n) is 2.01. The van der Waals surface area contributed by atoms with Crippen molar-refractivity contribution in [2.24, 2.45) is 5.41 Å². The van der Waals surface area contributed by atoms with Crippen LogP contribution in [0.5, 0.6) is 0 Å². The quantitative estimate of drug-likeness (QED) is 0.913. The number of fused-ring (bicyclic) bond motifs is 1. The lowest BCUT2D eigenvalue weighted by Gasteiger charge is -2.17. The van der Waals surface area contributed by atoms with Gasteiger partial charge in [0.05, 0.1) is 16.8 Å². The van der Waals surface area contributed by atoms with Crippen LogP contribution in [0.15, 0.2) is 12.1 Å². The average Bonchev–Trinajstić information content (AvgIpc) is 2.77. The van der Waals surface area contributed by atoms with E-state index in [0.717, 1.165) is 15.8 Å². The Morgan fingerprint density at radius 1 is 1.23 bits per heavy atom. The first kappa shape index (κ1) is 16.4. The molecule has 118 valence electrons. The van der Waals surface area contributed by atoms with Crippen molar-refractivity contribution in [3.05, 3.63) is 23.3 Å². The first-order chi connectivity index (χ1) is 10.2. The smallest absolute Gasteiger partial charge is 0.245 e. The van der Waals surface area contributed by atoms with Gasteiger partial charge < -0.3 is 10.6 Å². The van der Waals surface area contributed by atoms with Crippen LogP contribution in [0.3, 0.4) is 0 Å². The highest BCUT2D eigenvalue weighted by Gasteiger charge is 2.21. The van der Waals surface area contributed by atoms with Crippen LogP contribution < -0.4 is 10.6 Å². The summed E-state index contributed by atoms with van der Waals surface area (Å²) in [7, 11) is 0. The lowest BCUT2D eigenvalue weighted by molar-refractivity contribution is -0.130. The largest absolute Gasteiger partial charge is 0.347 e. The molecule has 22 heavy (non-hydrogen) atoms. The Kier molecular flexibility index (Phi) is 4.51. The Labute approximate surface area is 134 Å². The maximum absolute atomic E-state index is 11.9. The summed E-state index contributed by atoms with van der Waals surface area (Å²) in [6.07, 6.45) is 0. The van der Waals surface area contributed by atoms with Crippen LogP contribution in [0, 0.1) is 19.3 Å². The Morgan fingerprint density at radius 3 is 2.55 bits per heavy atom. The minimum atomic E-state index is -0.509. The number of benzene rings is 1. The van der Waals surface area contributed by atoms with E-state index in [2.05, 4.69) is 27.8 Å². The van der Waals surface area contributed by atoms with Crippen LogP contribution in [0.1, 0.15) is 31.9 Å². The molecule has 0 bridgehead atoms. The molecule has 5 nitrogen and oxygen atoms in total. The predicted molar refractivity (Wildman–Crippen MR) is 90.2 cm³/mol. The number of rotatable bonds is 3. The third kappa shape index (κ3) is 3.82. The maximum atomic E-state index is 11.9. The van der Waals surface area contributed by atoms with Gasteiger partial charge in [-0.2, -0.15) is 0 Å². The highest BCUT2D eigenvalue weighted by atomic mass is 32.1. The van der Waals surface area contributed by atoms with E-state index in [-0.39, 0.29) is 18.4 Å². The number of aryl methyl sites for hydroxylation is 2. The molecule has 1 aromatic carbocycles. The average molecular weight is 319 g/mol. The van der Waals surface area contributed by atoms with Crippen molar-refractivity contribution in [1.82, 2.24) is 10.3 Å². The Balaban J connectivity index is 2.03. The first-order valence-electron chi connectivity index (χ1n) is 7.13. The van der Waals surface area contributed by atoms with Gasteiger partial charge in [-0.3, -0.25) is 9.59 Å². The molecule has 2 rings (SSSR count). The van der Waals surface area contributed by atoms with Gasteiger partial charge in [-0.05, 0) is 31.0 Å².